The zero-order valence-electron chi connectivity index (χ0n) is 17.2. The molecule has 0 fully saturated rings. The van der Waals surface area contributed by atoms with Gasteiger partial charge in [-0.2, -0.15) is 0 Å². The minimum Gasteiger partial charge on any atom is -0.494 e. The van der Waals surface area contributed by atoms with E-state index in [0.29, 0.717) is 18.0 Å². The van der Waals surface area contributed by atoms with Crippen molar-refractivity contribution in [2.75, 3.05) is 11.9 Å². The Morgan fingerprint density at radius 2 is 1.77 bits per heavy atom. The number of hydrogen-bond acceptors (Lipinski definition) is 5. The first kappa shape index (κ1) is 21.8. The van der Waals surface area contributed by atoms with Crippen LogP contribution in [-0.2, 0) is 11.2 Å². The van der Waals surface area contributed by atoms with Gasteiger partial charge in [0.05, 0.1) is 11.5 Å². The molecule has 0 heterocycles. The van der Waals surface area contributed by atoms with E-state index in [1.165, 1.54) is 24.6 Å². The van der Waals surface area contributed by atoms with Gasteiger partial charge >= 0.3 is 5.69 Å². The highest BCUT2D eigenvalue weighted by Gasteiger charge is 2.20. The third kappa shape index (κ3) is 6.57. The summed E-state index contributed by atoms with van der Waals surface area (Å²) in [6, 6.07) is 23.2. The van der Waals surface area contributed by atoms with Gasteiger partial charge < -0.3 is 14.8 Å². The number of nitro groups is 1. The SMILES string of the molecule is CC(Oc1ccccc1[N+](=O)[O-])C(=O)Nc1cccc(OCCCc2ccccc2)c1. The van der Waals surface area contributed by atoms with Gasteiger partial charge in [-0.1, -0.05) is 48.5 Å². The number of amides is 1. The summed E-state index contributed by atoms with van der Waals surface area (Å²) >= 11 is 0. The van der Waals surface area contributed by atoms with Gasteiger partial charge in [0.2, 0.25) is 0 Å². The molecule has 0 aliphatic heterocycles. The quantitative estimate of drug-likeness (QED) is 0.283. The lowest BCUT2D eigenvalue weighted by molar-refractivity contribution is -0.386. The van der Waals surface area contributed by atoms with Crippen molar-refractivity contribution in [2.45, 2.75) is 25.9 Å². The number of rotatable bonds is 10. The monoisotopic (exact) mass is 420 g/mol. The Bertz CT molecular complexity index is 1020. The standard InChI is InChI=1S/C24H24N2O5/c1-18(31-23-15-6-5-14-22(23)26(28)29)24(27)25-20-12-7-13-21(17-20)30-16-8-11-19-9-3-2-4-10-19/h2-7,9-10,12-15,17-18H,8,11,16H2,1H3,(H,25,27). The van der Waals surface area contributed by atoms with Crippen LogP contribution in [0.3, 0.4) is 0 Å². The summed E-state index contributed by atoms with van der Waals surface area (Å²) in [4.78, 5) is 23.0. The Hall–Kier alpha value is -3.87. The predicted molar refractivity (Wildman–Crippen MR) is 119 cm³/mol. The van der Waals surface area contributed by atoms with Gasteiger partial charge in [0, 0.05) is 17.8 Å². The maximum Gasteiger partial charge on any atom is 0.310 e. The van der Waals surface area contributed by atoms with E-state index >= 15 is 0 Å². The maximum atomic E-state index is 12.5. The van der Waals surface area contributed by atoms with E-state index in [0.717, 1.165) is 12.8 Å². The fourth-order valence-electron chi connectivity index (χ4n) is 2.97. The molecule has 0 aromatic heterocycles. The van der Waals surface area contributed by atoms with Crippen molar-refractivity contribution in [3.8, 4) is 11.5 Å². The highest BCUT2D eigenvalue weighted by atomic mass is 16.6. The van der Waals surface area contributed by atoms with Crippen molar-refractivity contribution < 1.29 is 19.2 Å². The van der Waals surface area contributed by atoms with Gasteiger partial charge in [-0.25, -0.2) is 0 Å². The van der Waals surface area contributed by atoms with E-state index < -0.39 is 16.9 Å². The van der Waals surface area contributed by atoms with Crippen molar-refractivity contribution in [3.05, 3.63) is 94.5 Å². The number of aryl methyl sites for hydroxylation is 1. The Morgan fingerprint density at radius 3 is 2.55 bits per heavy atom. The fraction of sp³-hybridized carbons (Fsp3) is 0.208. The lowest BCUT2D eigenvalue weighted by Gasteiger charge is -2.15. The largest absolute Gasteiger partial charge is 0.494 e. The van der Waals surface area contributed by atoms with Crippen LogP contribution >= 0.6 is 0 Å². The molecular formula is C24H24N2O5. The van der Waals surface area contributed by atoms with Crippen LogP contribution in [0.2, 0.25) is 0 Å². The number of ether oxygens (including phenoxy) is 2. The zero-order valence-corrected chi connectivity index (χ0v) is 17.2. The minimum absolute atomic E-state index is 0.0469. The molecule has 3 aromatic carbocycles. The van der Waals surface area contributed by atoms with Crippen LogP contribution in [0, 0.1) is 10.1 Å². The van der Waals surface area contributed by atoms with Crippen LogP contribution < -0.4 is 14.8 Å². The molecule has 0 aliphatic carbocycles. The number of benzene rings is 3. The van der Waals surface area contributed by atoms with Crippen LogP contribution in [-0.4, -0.2) is 23.5 Å². The van der Waals surface area contributed by atoms with Gasteiger partial charge in [0.1, 0.15) is 5.75 Å². The molecule has 0 saturated carbocycles. The van der Waals surface area contributed by atoms with E-state index in [-0.39, 0.29) is 11.4 Å². The highest BCUT2D eigenvalue weighted by molar-refractivity contribution is 5.94. The number of nitro benzene ring substituents is 1. The average molecular weight is 420 g/mol. The second kappa shape index (κ2) is 10.8. The van der Waals surface area contributed by atoms with Gasteiger partial charge in [0.25, 0.3) is 5.91 Å². The van der Waals surface area contributed by atoms with E-state index in [4.69, 9.17) is 9.47 Å². The molecule has 7 nitrogen and oxygen atoms in total. The Morgan fingerprint density at radius 1 is 1.03 bits per heavy atom. The average Bonchev–Trinajstić information content (AvgIpc) is 2.78. The number of nitrogens with one attached hydrogen (secondary N) is 1. The molecule has 1 unspecified atom stereocenters. The number of carbonyl (C=O) groups is 1. The van der Waals surface area contributed by atoms with Gasteiger partial charge in [-0.15, -0.1) is 0 Å². The number of hydrogen-bond donors (Lipinski definition) is 1. The first-order valence-electron chi connectivity index (χ1n) is 10.0. The van der Waals surface area contributed by atoms with Crippen molar-refractivity contribution in [3.63, 3.8) is 0 Å². The third-order valence-electron chi connectivity index (χ3n) is 4.56. The molecule has 7 heteroatoms. The van der Waals surface area contributed by atoms with Gasteiger partial charge in [-0.05, 0) is 43.5 Å². The van der Waals surface area contributed by atoms with Crippen LogP contribution in [0.25, 0.3) is 0 Å². The van der Waals surface area contributed by atoms with E-state index in [1.807, 2.05) is 24.3 Å². The number of para-hydroxylation sites is 2. The smallest absolute Gasteiger partial charge is 0.310 e. The number of carbonyl (C=O) groups excluding carboxylic acids is 1. The normalized spacial score (nSPS) is 11.4. The molecule has 1 amide bonds. The summed E-state index contributed by atoms with van der Waals surface area (Å²) in [5.41, 5.74) is 1.64. The molecule has 0 saturated heterocycles. The fourth-order valence-corrected chi connectivity index (χ4v) is 2.97. The summed E-state index contributed by atoms with van der Waals surface area (Å²) in [6.07, 6.45) is 0.885. The van der Waals surface area contributed by atoms with E-state index in [2.05, 4.69) is 17.4 Å². The summed E-state index contributed by atoms with van der Waals surface area (Å²) in [6.45, 7) is 2.10. The minimum atomic E-state index is -0.920. The van der Waals surface area contributed by atoms with Crippen LogP contribution in [0.4, 0.5) is 11.4 Å². The van der Waals surface area contributed by atoms with Crippen LogP contribution in [0.5, 0.6) is 11.5 Å². The molecule has 0 bridgehead atoms. The number of anilines is 1. The Kier molecular flexibility index (Phi) is 7.59. The molecule has 3 aromatic rings. The Balaban J connectivity index is 1.51. The summed E-state index contributed by atoms with van der Waals surface area (Å²) in [5, 5.41) is 13.9. The molecule has 1 N–H and O–H groups in total. The van der Waals surface area contributed by atoms with Crippen LogP contribution in [0.1, 0.15) is 18.9 Å². The molecule has 160 valence electrons. The zero-order chi connectivity index (χ0) is 22.1. The highest BCUT2D eigenvalue weighted by Crippen LogP contribution is 2.27. The van der Waals surface area contributed by atoms with Crippen LogP contribution in [0.15, 0.2) is 78.9 Å². The van der Waals surface area contributed by atoms with Gasteiger partial charge in [-0.3, -0.25) is 14.9 Å². The predicted octanol–water partition coefficient (Wildman–Crippen LogP) is 5.01. The number of nitrogens with zero attached hydrogens (tertiary/aromatic N) is 1. The van der Waals surface area contributed by atoms with Gasteiger partial charge in [0.15, 0.2) is 11.9 Å². The lowest BCUT2D eigenvalue weighted by atomic mass is 10.1. The summed E-state index contributed by atoms with van der Waals surface area (Å²) < 4.78 is 11.3. The molecule has 0 aliphatic rings. The van der Waals surface area contributed by atoms with E-state index in [1.54, 1.807) is 30.3 Å². The van der Waals surface area contributed by atoms with Crippen molar-refractivity contribution >= 4 is 17.3 Å². The molecule has 1 atom stereocenters. The van der Waals surface area contributed by atoms with E-state index in [9.17, 15) is 14.9 Å². The van der Waals surface area contributed by atoms with Crippen molar-refractivity contribution in [1.29, 1.82) is 0 Å². The molecule has 0 spiro atoms. The molecule has 31 heavy (non-hydrogen) atoms. The second-order valence-electron chi connectivity index (χ2n) is 6.94. The summed E-state index contributed by atoms with van der Waals surface area (Å²) in [5.74, 6) is 0.281. The van der Waals surface area contributed by atoms with Crippen molar-refractivity contribution in [2.24, 2.45) is 0 Å². The molecule has 3 rings (SSSR count). The lowest BCUT2D eigenvalue weighted by Crippen LogP contribution is -2.30. The summed E-state index contributed by atoms with van der Waals surface area (Å²) in [7, 11) is 0. The second-order valence-corrected chi connectivity index (χ2v) is 6.94. The molecule has 0 radical (unpaired) electrons. The topological polar surface area (TPSA) is 90.7 Å². The van der Waals surface area contributed by atoms with Crippen molar-refractivity contribution in [1.82, 2.24) is 0 Å². The first-order chi connectivity index (χ1) is 15.0. The maximum absolute atomic E-state index is 12.5. The Labute approximate surface area is 180 Å². The molecular weight excluding hydrogens is 396 g/mol. The third-order valence-corrected chi connectivity index (χ3v) is 4.56. The first-order valence-corrected chi connectivity index (χ1v) is 10.0.